The highest BCUT2D eigenvalue weighted by atomic mass is 79.9. The predicted octanol–water partition coefficient (Wildman–Crippen LogP) is 3.26. The van der Waals surface area contributed by atoms with Crippen molar-refractivity contribution in [1.82, 2.24) is 10.2 Å². The van der Waals surface area contributed by atoms with Crippen molar-refractivity contribution in [2.45, 2.75) is 6.54 Å². The van der Waals surface area contributed by atoms with Gasteiger partial charge in [0.1, 0.15) is 5.70 Å². The van der Waals surface area contributed by atoms with E-state index >= 15 is 0 Å². The number of carbonyl (C=O) groups excluding carboxylic acids is 2. The molecule has 1 saturated heterocycles. The summed E-state index contributed by atoms with van der Waals surface area (Å²) in [6.45, 7) is 0.166. The van der Waals surface area contributed by atoms with Crippen molar-refractivity contribution >= 4 is 33.9 Å². The SMILES string of the molecule is COc1cccc(/C=C2\NC(=O)N(Cc3ccc(Br)cc3)C2=O)c1O. The third-order valence-corrected chi connectivity index (χ3v) is 4.29. The molecule has 3 rings (SSSR count). The number of rotatable bonds is 4. The number of halogens is 1. The summed E-state index contributed by atoms with van der Waals surface area (Å²) in [4.78, 5) is 25.7. The van der Waals surface area contributed by atoms with Crippen LogP contribution in [-0.2, 0) is 11.3 Å². The number of nitrogens with zero attached hydrogens (tertiary/aromatic N) is 1. The van der Waals surface area contributed by atoms with Gasteiger partial charge in [0.05, 0.1) is 13.7 Å². The third kappa shape index (κ3) is 3.51. The van der Waals surface area contributed by atoms with E-state index in [4.69, 9.17) is 4.74 Å². The van der Waals surface area contributed by atoms with Gasteiger partial charge in [0.2, 0.25) is 0 Å². The minimum absolute atomic E-state index is 0.0918. The summed E-state index contributed by atoms with van der Waals surface area (Å²) >= 11 is 3.34. The molecule has 128 valence electrons. The number of hydrogen-bond acceptors (Lipinski definition) is 4. The second-order valence-corrected chi connectivity index (χ2v) is 6.32. The molecule has 0 radical (unpaired) electrons. The number of methoxy groups -OCH3 is 1. The van der Waals surface area contributed by atoms with Crippen molar-refractivity contribution in [2.75, 3.05) is 7.11 Å². The number of benzene rings is 2. The van der Waals surface area contributed by atoms with E-state index < -0.39 is 11.9 Å². The Hall–Kier alpha value is -2.80. The number of aromatic hydroxyl groups is 1. The lowest BCUT2D eigenvalue weighted by Gasteiger charge is -2.11. The number of hydrogen-bond donors (Lipinski definition) is 2. The van der Waals surface area contributed by atoms with E-state index in [0.717, 1.165) is 14.9 Å². The quantitative estimate of drug-likeness (QED) is 0.607. The van der Waals surface area contributed by atoms with Gasteiger partial charge in [0, 0.05) is 10.0 Å². The van der Waals surface area contributed by atoms with Crippen molar-refractivity contribution in [3.63, 3.8) is 0 Å². The number of imide groups is 1. The molecule has 0 atom stereocenters. The fourth-order valence-electron chi connectivity index (χ4n) is 2.46. The fourth-order valence-corrected chi connectivity index (χ4v) is 2.73. The van der Waals surface area contributed by atoms with Gasteiger partial charge in [-0.15, -0.1) is 0 Å². The molecule has 6 nitrogen and oxygen atoms in total. The Balaban J connectivity index is 1.84. The summed E-state index contributed by atoms with van der Waals surface area (Å²) in [6, 6.07) is 11.8. The van der Waals surface area contributed by atoms with E-state index in [0.29, 0.717) is 5.56 Å². The smallest absolute Gasteiger partial charge is 0.329 e. The van der Waals surface area contributed by atoms with Gasteiger partial charge in [0.25, 0.3) is 5.91 Å². The molecule has 1 fully saturated rings. The highest BCUT2D eigenvalue weighted by molar-refractivity contribution is 9.10. The maximum Gasteiger partial charge on any atom is 0.329 e. The van der Waals surface area contributed by atoms with Crippen LogP contribution in [0.2, 0.25) is 0 Å². The minimum Gasteiger partial charge on any atom is -0.504 e. The second kappa shape index (κ2) is 6.98. The van der Waals surface area contributed by atoms with Crippen LogP contribution in [0.4, 0.5) is 4.79 Å². The average Bonchev–Trinajstić information content (AvgIpc) is 2.86. The highest BCUT2D eigenvalue weighted by Crippen LogP contribution is 2.31. The molecule has 0 aliphatic carbocycles. The Morgan fingerprint density at radius 3 is 2.60 bits per heavy atom. The van der Waals surface area contributed by atoms with Gasteiger partial charge in [-0.2, -0.15) is 0 Å². The van der Waals surface area contributed by atoms with Gasteiger partial charge in [-0.3, -0.25) is 9.69 Å². The van der Waals surface area contributed by atoms with Gasteiger partial charge in [-0.25, -0.2) is 4.79 Å². The zero-order valence-electron chi connectivity index (χ0n) is 13.3. The van der Waals surface area contributed by atoms with Crippen LogP contribution in [0.25, 0.3) is 6.08 Å². The molecule has 1 heterocycles. The molecule has 2 aromatic rings. The summed E-state index contributed by atoms with van der Waals surface area (Å²) in [7, 11) is 1.44. The van der Waals surface area contributed by atoms with Gasteiger partial charge >= 0.3 is 6.03 Å². The average molecular weight is 403 g/mol. The van der Waals surface area contributed by atoms with E-state index in [1.54, 1.807) is 18.2 Å². The molecule has 2 aromatic carbocycles. The normalized spacial score (nSPS) is 15.6. The van der Waals surface area contributed by atoms with E-state index in [-0.39, 0.29) is 23.7 Å². The molecule has 7 heteroatoms. The first-order chi connectivity index (χ1) is 12.0. The minimum atomic E-state index is -0.499. The maximum absolute atomic E-state index is 12.5. The van der Waals surface area contributed by atoms with E-state index in [1.165, 1.54) is 13.2 Å². The number of nitrogens with one attached hydrogen (secondary N) is 1. The van der Waals surface area contributed by atoms with Crippen LogP contribution < -0.4 is 10.1 Å². The topological polar surface area (TPSA) is 78.9 Å². The number of phenolic OH excluding ortho intramolecular Hbond substituents is 1. The van der Waals surface area contributed by atoms with Crippen molar-refractivity contribution in [2.24, 2.45) is 0 Å². The molecular weight excluding hydrogens is 388 g/mol. The van der Waals surface area contributed by atoms with E-state index in [9.17, 15) is 14.7 Å². The molecule has 1 aliphatic rings. The molecule has 1 aliphatic heterocycles. The summed E-state index contributed by atoms with van der Waals surface area (Å²) in [5.74, 6) is -0.251. The first kappa shape index (κ1) is 17.0. The first-order valence-corrected chi connectivity index (χ1v) is 8.24. The molecule has 25 heavy (non-hydrogen) atoms. The largest absolute Gasteiger partial charge is 0.504 e. The van der Waals surface area contributed by atoms with Crippen molar-refractivity contribution in [3.8, 4) is 11.5 Å². The lowest BCUT2D eigenvalue weighted by Crippen LogP contribution is -2.30. The number of amides is 3. The summed E-state index contributed by atoms with van der Waals surface area (Å²) in [5, 5.41) is 12.7. The van der Waals surface area contributed by atoms with Crippen molar-refractivity contribution in [3.05, 3.63) is 63.8 Å². The lowest BCUT2D eigenvalue weighted by atomic mass is 10.1. The zero-order chi connectivity index (χ0) is 18.0. The monoisotopic (exact) mass is 402 g/mol. The van der Waals surface area contributed by atoms with Crippen LogP contribution in [0.3, 0.4) is 0 Å². The fraction of sp³-hybridized carbons (Fsp3) is 0.111. The molecule has 2 N–H and O–H groups in total. The van der Waals surface area contributed by atoms with Crippen LogP contribution in [0.15, 0.2) is 52.6 Å². The molecule has 0 aromatic heterocycles. The van der Waals surface area contributed by atoms with Gasteiger partial charge in [0.15, 0.2) is 11.5 Å². The Bertz CT molecular complexity index is 862. The Labute approximate surface area is 152 Å². The van der Waals surface area contributed by atoms with Gasteiger partial charge in [-0.05, 0) is 29.8 Å². The standard InChI is InChI=1S/C18H15BrN2O4/c1-25-15-4-2-3-12(16(15)22)9-14-17(23)21(18(24)20-14)10-11-5-7-13(19)8-6-11/h2-9,22H,10H2,1H3,(H,20,24)/b14-9-. The molecular formula is C18H15BrN2O4. The van der Waals surface area contributed by atoms with Crippen LogP contribution in [0, 0.1) is 0 Å². The first-order valence-electron chi connectivity index (χ1n) is 7.44. The molecule has 3 amide bonds. The number of phenols is 1. The van der Waals surface area contributed by atoms with Crippen molar-refractivity contribution in [1.29, 1.82) is 0 Å². The Morgan fingerprint density at radius 2 is 1.92 bits per heavy atom. The van der Waals surface area contributed by atoms with Crippen LogP contribution in [0.5, 0.6) is 11.5 Å². The van der Waals surface area contributed by atoms with E-state index in [1.807, 2.05) is 24.3 Å². The summed E-state index contributed by atoms with van der Waals surface area (Å²) < 4.78 is 5.96. The van der Waals surface area contributed by atoms with Gasteiger partial charge < -0.3 is 15.2 Å². The number of ether oxygens (including phenoxy) is 1. The van der Waals surface area contributed by atoms with Crippen LogP contribution >= 0.6 is 15.9 Å². The molecule has 0 spiro atoms. The summed E-state index contributed by atoms with van der Waals surface area (Å²) in [6.07, 6.45) is 1.43. The molecule has 0 saturated carbocycles. The number of carbonyl (C=O) groups is 2. The van der Waals surface area contributed by atoms with Gasteiger partial charge in [-0.1, -0.05) is 40.2 Å². The Kier molecular flexibility index (Phi) is 4.76. The number of para-hydroxylation sites is 1. The van der Waals surface area contributed by atoms with Crippen LogP contribution in [0.1, 0.15) is 11.1 Å². The molecule has 0 bridgehead atoms. The van der Waals surface area contributed by atoms with Crippen molar-refractivity contribution < 1.29 is 19.4 Å². The van der Waals surface area contributed by atoms with Crippen LogP contribution in [-0.4, -0.2) is 29.1 Å². The molecule has 0 unspecified atom stereocenters. The lowest BCUT2D eigenvalue weighted by molar-refractivity contribution is -0.123. The number of urea groups is 1. The summed E-state index contributed by atoms with van der Waals surface area (Å²) in [5.41, 5.74) is 1.32. The highest BCUT2D eigenvalue weighted by Gasteiger charge is 2.33. The maximum atomic E-state index is 12.5. The zero-order valence-corrected chi connectivity index (χ0v) is 14.9. The van der Waals surface area contributed by atoms with E-state index in [2.05, 4.69) is 21.2 Å². The third-order valence-electron chi connectivity index (χ3n) is 3.77. The second-order valence-electron chi connectivity index (χ2n) is 5.40. The Morgan fingerprint density at radius 1 is 1.20 bits per heavy atom. The predicted molar refractivity (Wildman–Crippen MR) is 95.9 cm³/mol.